The Bertz CT molecular complexity index is 1060. The lowest BCUT2D eigenvalue weighted by atomic mass is 9.98. The largest absolute Gasteiger partial charge is 0.457 e. The molecule has 1 heterocycles. The maximum atomic E-state index is 13.9. The highest BCUT2D eigenvalue weighted by molar-refractivity contribution is 7.89. The minimum Gasteiger partial charge on any atom is -0.457 e. The summed E-state index contributed by atoms with van der Waals surface area (Å²) in [6, 6.07) is 7.13. The van der Waals surface area contributed by atoms with Gasteiger partial charge in [0.1, 0.15) is 22.6 Å². The molecule has 0 bridgehead atoms. The molecule has 1 unspecified atom stereocenters. The molecule has 1 aliphatic heterocycles. The fourth-order valence-electron chi connectivity index (χ4n) is 3.31. The molecule has 162 valence electrons. The summed E-state index contributed by atoms with van der Waals surface area (Å²) in [6.45, 7) is 1.64. The lowest BCUT2D eigenvalue weighted by Gasteiger charge is -2.31. The van der Waals surface area contributed by atoms with E-state index in [-0.39, 0.29) is 46.4 Å². The molecule has 2 aromatic carbocycles. The topological polar surface area (TPSA) is 63.7 Å². The van der Waals surface area contributed by atoms with Gasteiger partial charge in [-0.25, -0.2) is 17.2 Å². The van der Waals surface area contributed by atoms with Crippen LogP contribution in [0, 0.1) is 17.6 Å². The normalized spacial score (nSPS) is 17.0. The van der Waals surface area contributed by atoms with Crippen molar-refractivity contribution < 1.29 is 26.7 Å². The van der Waals surface area contributed by atoms with Gasteiger partial charge in [0.15, 0.2) is 0 Å². The van der Waals surface area contributed by atoms with Crippen LogP contribution < -0.4 is 0 Å². The number of carbonyl (C=O) groups excluding carboxylic acids is 1. The highest BCUT2D eigenvalue weighted by Gasteiger charge is 2.34. The molecule has 1 aliphatic rings. The van der Waals surface area contributed by atoms with E-state index in [9.17, 15) is 22.0 Å². The molecule has 30 heavy (non-hydrogen) atoms. The van der Waals surface area contributed by atoms with Gasteiger partial charge in [0.25, 0.3) is 0 Å². The molecule has 1 saturated heterocycles. The monoisotopic (exact) mass is 477 g/mol. The van der Waals surface area contributed by atoms with E-state index >= 15 is 0 Å². The molecule has 0 aliphatic carbocycles. The standard InChI is InChI=1S/C20H19Cl2F2NO4S/c1-12(16-11-15(23)3-5-18(16)24)29-20(26)13-6-8-25(9-7-13)30(27,28)19-10-14(21)2-4-17(19)22/h2-5,10-13H,6-9H2,1H3. The van der Waals surface area contributed by atoms with E-state index in [1.807, 2.05) is 0 Å². The van der Waals surface area contributed by atoms with Crippen molar-refractivity contribution in [3.63, 3.8) is 0 Å². The minimum atomic E-state index is -3.87. The van der Waals surface area contributed by atoms with Crippen LogP contribution >= 0.6 is 23.2 Å². The maximum absolute atomic E-state index is 13.9. The van der Waals surface area contributed by atoms with Gasteiger partial charge in [-0.2, -0.15) is 4.31 Å². The molecule has 3 rings (SSSR count). The van der Waals surface area contributed by atoms with Gasteiger partial charge in [-0.05, 0) is 56.2 Å². The number of benzene rings is 2. The van der Waals surface area contributed by atoms with Crippen molar-refractivity contribution >= 4 is 39.2 Å². The van der Waals surface area contributed by atoms with Crippen molar-refractivity contribution in [2.45, 2.75) is 30.8 Å². The number of sulfonamides is 1. The van der Waals surface area contributed by atoms with Crippen LogP contribution in [0.4, 0.5) is 8.78 Å². The fraction of sp³-hybridized carbons (Fsp3) is 0.350. The molecule has 0 amide bonds. The maximum Gasteiger partial charge on any atom is 0.309 e. The van der Waals surface area contributed by atoms with Gasteiger partial charge in [0.2, 0.25) is 10.0 Å². The van der Waals surface area contributed by atoms with Crippen molar-refractivity contribution in [3.8, 4) is 0 Å². The van der Waals surface area contributed by atoms with Crippen LogP contribution in [0.3, 0.4) is 0 Å². The van der Waals surface area contributed by atoms with Gasteiger partial charge < -0.3 is 4.74 Å². The first-order valence-corrected chi connectivity index (χ1v) is 11.4. The summed E-state index contributed by atoms with van der Waals surface area (Å²) in [5, 5.41) is 0.307. The van der Waals surface area contributed by atoms with Crippen molar-refractivity contribution in [1.29, 1.82) is 0 Å². The Balaban J connectivity index is 1.64. The Morgan fingerprint density at radius 2 is 1.80 bits per heavy atom. The van der Waals surface area contributed by atoms with Gasteiger partial charge >= 0.3 is 5.97 Å². The van der Waals surface area contributed by atoms with Crippen molar-refractivity contribution in [3.05, 3.63) is 63.6 Å². The zero-order chi connectivity index (χ0) is 22.1. The summed E-state index contributed by atoms with van der Waals surface area (Å²) in [5.74, 6) is -2.43. The second kappa shape index (κ2) is 9.18. The predicted octanol–water partition coefficient (Wildman–Crippen LogP) is 4.98. The van der Waals surface area contributed by atoms with Crippen molar-refractivity contribution in [1.82, 2.24) is 4.31 Å². The zero-order valence-corrected chi connectivity index (χ0v) is 18.3. The molecule has 5 nitrogen and oxygen atoms in total. The number of hydrogen-bond acceptors (Lipinski definition) is 4. The first-order valence-electron chi connectivity index (χ1n) is 9.20. The van der Waals surface area contributed by atoms with Crippen LogP contribution in [0.2, 0.25) is 10.0 Å². The van der Waals surface area contributed by atoms with E-state index in [1.165, 1.54) is 29.4 Å². The fourth-order valence-corrected chi connectivity index (χ4v) is 5.51. The van der Waals surface area contributed by atoms with E-state index in [2.05, 4.69) is 0 Å². The third-order valence-corrected chi connectivity index (χ3v) is 7.60. The van der Waals surface area contributed by atoms with E-state index in [0.717, 1.165) is 18.2 Å². The summed E-state index contributed by atoms with van der Waals surface area (Å²) < 4.78 is 59.5. The van der Waals surface area contributed by atoms with E-state index in [0.29, 0.717) is 0 Å². The predicted molar refractivity (Wildman–Crippen MR) is 109 cm³/mol. The quantitative estimate of drug-likeness (QED) is 0.569. The second-order valence-electron chi connectivity index (χ2n) is 7.00. The number of rotatable bonds is 5. The summed E-state index contributed by atoms with van der Waals surface area (Å²) in [6.07, 6.45) is -0.510. The molecule has 0 N–H and O–H groups in total. The summed E-state index contributed by atoms with van der Waals surface area (Å²) >= 11 is 11.9. The van der Waals surface area contributed by atoms with Gasteiger partial charge in [0.05, 0.1) is 10.9 Å². The Labute approximate surface area is 183 Å². The molecule has 2 aromatic rings. The molecular weight excluding hydrogens is 459 g/mol. The third kappa shape index (κ3) is 4.94. The molecule has 0 aromatic heterocycles. The highest BCUT2D eigenvalue weighted by atomic mass is 35.5. The second-order valence-corrected chi connectivity index (χ2v) is 9.75. The van der Waals surface area contributed by atoms with Crippen LogP contribution in [0.5, 0.6) is 0 Å². The van der Waals surface area contributed by atoms with Crippen LogP contribution in [-0.2, 0) is 19.6 Å². The zero-order valence-electron chi connectivity index (χ0n) is 15.9. The highest BCUT2D eigenvalue weighted by Crippen LogP contribution is 2.31. The first kappa shape index (κ1) is 22.9. The van der Waals surface area contributed by atoms with Crippen LogP contribution in [0.1, 0.15) is 31.4 Å². The Morgan fingerprint density at radius 3 is 2.47 bits per heavy atom. The average molecular weight is 478 g/mol. The molecule has 10 heteroatoms. The van der Waals surface area contributed by atoms with Gasteiger partial charge in [0, 0.05) is 23.7 Å². The van der Waals surface area contributed by atoms with Crippen LogP contribution in [-0.4, -0.2) is 31.8 Å². The molecular formula is C20H19Cl2F2NO4S. The third-order valence-electron chi connectivity index (χ3n) is 4.99. The van der Waals surface area contributed by atoms with E-state index in [1.54, 1.807) is 0 Å². The molecule has 0 saturated carbocycles. The smallest absolute Gasteiger partial charge is 0.309 e. The van der Waals surface area contributed by atoms with Gasteiger partial charge in [-0.15, -0.1) is 0 Å². The SMILES string of the molecule is CC(OC(=O)C1CCN(S(=O)(=O)c2cc(Cl)ccc2Cl)CC1)c1cc(F)ccc1F. The van der Waals surface area contributed by atoms with Crippen LogP contribution in [0.15, 0.2) is 41.3 Å². The number of nitrogens with zero attached hydrogens (tertiary/aromatic N) is 1. The lowest BCUT2D eigenvalue weighted by molar-refractivity contribution is -0.155. The summed E-state index contributed by atoms with van der Waals surface area (Å²) in [5.41, 5.74) is -0.0565. The molecule has 1 atom stereocenters. The van der Waals surface area contributed by atoms with E-state index in [4.69, 9.17) is 27.9 Å². The number of hydrogen-bond donors (Lipinski definition) is 0. The minimum absolute atomic E-state index is 0.0565. The number of esters is 1. The van der Waals surface area contributed by atoms with Crippen LogP contribution in [0.25, 0.3) is 0 Å². The molecule has 0 spiro atoms. The summed E-state index contributed by atoms with van der Waals surface area (Å²) in [4.78, 5) is 12.4. The number of piperidine rings is 1. The lowest BCUT2D eigenvalue weighted by Crippen LogP contribution is -2.40. The Kier molecular flexibility index (Phi) is 7.02. The molecule has 1 fully saturated rings. The van der Waals surface area contributed by atoms with E-state index < -0.39 is 39.6 Å². The summed E-state index contributed by atoms with van der Waals surface area (Å²) in [7, 11) is -3.87. The Hall–Kier alpha value is -1.74. The Morgan fingerprint density at radius 1 is 1.13 bits per heavy atom. The molecule has 0 radical (unpaired) electrons. The van der Waals surface area contributed by atoms with Gasteiger partial charge in [-0.3, -0.25) is 4.79 Å². The number of halogens is 4. The first-order chi connectivity index (χ1) is 14.1. The average Bonchev–Trinajstić information content (AvgIpc) is 2.71. The van der Waals surface area contributed by atoms with Crippen molar-refractivity contribution in [2.75, 3.05) is 13.1 Å². The number of ether oxygens (including phenoxy) is 1. The van der Waals surface area contributed by atoms with Gasteiger partial charge in [-0.1, -0.05) is 23.2 Å². The van der Waals surface area contributed by atoms with Crippen molar-refractivity contribution in [2.24, 2.45) is 5.92 Å². The number of carbonyl (C=O) groups is 1.